The van der Waals surface area contributed by atoms with Crippen molar-refractivity contribution in [3.8, 4) is 0 Å². The average molecular weight is 336 g/mol. The molecule has 0 unspecified atom stereocenters. The van der Waals surface area contributed by atoms with Crippen LogP contribution in [0.25, 0.3) is 4.13 Å². The van der Waals surface area contributed by atoms with Crippen molar-refractivity contribution >= 4 is 39.8 Å². The summed E-state index contributed by atoms with van der Waals surface area (Å²) < 4.78 is 42.9. The molecule has 0 N–H and O–H groups in total. The molecule has 8 heteroatoms. The van der Waals surface area contributed by atoms with Gasteiger partial charge in [-0.05, 0) is 0 Å². The Hall–Kier alpha value is 0.659. The molecular weight excluding hydrogens is 321 g/mol. The van der Waals surface area contributed by atoms with Crippen LogP contribution in [-0.2, 0) is 20.0 Å². The van der Waals surface area contributed by atoms with E-state index in [1.165, 1.54) is 0 Å². The molecule has 0 aliphatic carbocycles. The summed E-state index contributed by atoms with van der Waals surface area (Å²) in [7, 11) is -7.49. The Labute approximate surface area is 87.8 Å². The Kier molecular flexibility index (Phi) is 7.68. The van der Waals surface area contributed by atoms with Crippen molar-refractivity contribution in [2.75, 3.05) is 12.5 Å². The minimum atomic E-state index is -3.74. The van der Waals surface area contributed by atoms with Crippen molar-refractivity contribution in [3.63, 3.8) is 0 Å². The van der Waals surface area contributed by atoms with Gasteiger partial charge in [0.25, 0.3) is 0 Å². The molecule has 0 aliphatic rings. The van der Waals surface area contributed by atoms with Crippen molar-refractivity contribution < 1.29 is 16.8 Å². The van der Waals surface area contributed by atoms with Crippen LogP contribution in [0.5, 0.6) is 0 Å². The molecule has 80 valence electrons. The van der Waals surface area contributed by atoms with E-state index in [2.05, 4.69) is 18.9 Å². The molecule has 0 atom stereocenters. The second-order valence-corrected chi connectivity index (χ2v) is 15.1. The normalized spacial score (nSPS) is 11.5. The molecule has 0 radical (unpaired) electrons. The third-order valence-corrected chi connectivity index (χ3v) is 2.44. The summed E-state index contributed by atoms with van der Waals surface area (Å²) in [5.41, 5.74) is 0. The van der Waals surface area contributed by atoms with E-state index in [-0.39, 0.29) is 0 Å². The van der Waals surface area contributed by atoms with E-state index >= 15 is 0 Å². The summed E-state index contributed by atoms with van der Waals surface area (Å²) in [5, 5.41) is 0. The Balaban J connectivity index is 0. The number of hydrogen-bond donors (Lipinski definition) is 0. The quantitative estimate of drug-likeness (QED) is 0.694. The van der Waals surface area contributed by atoms with Crippen molar-refractivity contribution in [3.05, 3.63) is 4.13 Å². The van der Waals surface area contributed by atoms with Gasteiger partial charge in [-0.3, -0.25) is 0 Å². The predicted molar refractivity (Wildman–Crippen MR) is 56.4 cm³/mol. The first-order valence-corrected chi connectivity index (χ1v) is 15.6. The summed E-state index contributed by atoms with van der Waals surface area (Å²) in [5.74, 6) is 0. The van der Waals surface area contributed by atoms with Crippen molar-refractivity contribution in [1.29, 1.82) is 0 Å². The number of rotatable bonds is 2. The molecule has 0 saturated carbocycles. The van der Waals surface area contributed by atoms with Crippen molar-refractivity contribution in [2.24, 2.45) is 0 Å². The second-order valence-electron chi connectivity index (χ2n) is 3.04. The van der Waals surface area contributed by atoms with Crippen LogP contribution in [0.15, 0.2) is 0 Å². The van der Waals surface area contributed by atoms with E-state index in [1.54, 1.807) is 0 Å². The van der Waals surface area contributed by atoms with Gasteiger partial charge in [0.1, 0.15) is 0 Å². The molecule has 5 nitrogen and oxygen atoms in total. The van der Waals surface area contributed by atoms with Gasteiger partial charge >= 0.3 is 34.6 Å². The molecule has 13 heavy (non-hydrogen) atoms. The SMILES string of the molecule is CS(=O)(=O)[N-]S(C)(=O)=O.[CH3][Sn+]([CH3])[CH3]. The van der Waals surface area contributed by atoms with Gasteiger partial charge in [0.2, 0.25) is 0 Å². The maximum atomic E-state index is 10.1. The Morgan fingerprint density at radius 3 is 1.00 bits per heavy atom. The van der Waals surface area contributed by atoms with Crippen LogP contribution in [0, 0.1) is 0 Å². The molecule has 0 saturated heterocycles. The molecule has 0 fully saturated rings. The monoisotopic (exact) mass is 337 g/mol. The molecule has 0 aromatic carbocycles. The molecule has 0 rings (SSSR count). The van der Waals surface area contributed by atoms with Gasteiger partial charge in [-0.25, -0.2) is 16.8 Å². The van der Waals surface area contributed by atoms with Gasteiger partial charge in [0.05, 0.1) is 20.0 Å². The molecule has 0 aromatic rings. The fourth-order valence-electron chi connectivity index (χ4n) is 0.246. The Morgan fingerprint density at radius 1 is 0.846 bits per heavy atom. The number of sulfonamides is 2. The Morgan fingerprint density at radius 2 is 1.00 bits per heavy atom. The van der Waals surface area contributed by atoms with Crippen molar-refractivity contribution in [1.82, 2.24) is 0 Å². The zero-order chi connectivity index (χ0) is 11.3. The topological polar surface area (TPSA) is 82.4 Å². The van der Waals surface area contributed by atoms with E-state index < -0.39 is 39.8 Å². The van der Waals surface area contributed by atoms with Crippen molar-refractivity contribution in [2.45, 2.75) is 14.8 Å². The molecule has 0 heterocycles. The van der Waals surface area contributed by atoms with Gasteiger partial charge in [0.15, 0.2) is 0 Å². The molecule has 0 amide bonds. The summed E-state index contributed by atoms with van der Waals surface area (Å²) in [6, 6.07) is 0. The zero-order valence-electron chi connectivity index (χ0n) is 8.40. The molecular formula is C5H15NO4S2Sn. The van der Waals surface area contributed by atoms with Gasteiger partial charge in [0, 0.05) is 12.5 Å². The van der Waals surface area contributed by atoms with E-state index in [0.717, 1.165) is 0 Å². The number of nitrogens with zero attached hydrogens (tertiary/aromatic N) is 1. The van der Waals surface area contributed by atoms with E-state index in [1.807, 2.05) is 0 Å². The van der Waals surface area contributed by atoms with Crippen LogP contribution in [-0.4, -0.2) is 49.1 Å². The fourth-order valence-corrected chi connectivity index (χ4v) is 2.21. The first kappa shape index (κ1) is 16.1. The zero-order valence-corrected chi connectivity index (χ0v) is 12.9. The van der Waals surface area contributed by atoms with Crippen LogP contribution < -0.4 is 0 Å². The standard InChI is InChI=1S/C2H6NO4S2.3CH3.Sn/c1-8(4,5)3-9(2,6)7;;;;/h1-2H3;3*1H3;/q-1;;;;+1. The van der Waals surface area contributed by atoms with Crippen LogP contribution in [0.4, 0.5) is 0 Å². The summed E-state index contributed by atoms with van der Waals surface area (Å²) in [6.45, 7) is 0. The minimum absolute atomic E-state index is 0.543. The van der Waals surface area contributed by atoms with Crippen LogP contribution >= 0.6 is 0 Å². The predicted octanol–water partition coefficient (Wildman–Crippen LogP) is 0.650. The summed E-state index contributed by atoms with van der Waals surface area (Å²) in [6.07, 6.45) is 1.43. The molecule has 0 aliphatic heterocycles. The molecule has 0 spiro atoms. The van der Waals surface area contributed by atoms with Gasteiger partial charge in [-0.15, -0.1) is 0 Å². The second kappa shape index (κ2) is 6.20. The van der Waals surface area contributed by atoms with Crippen LogP contribution in [0.3, 0.4) is 0 Å². The molecule has 0 aromatic heterocycles. The Bertz CT molecular complexity index is 286. The van der Waals surface area contributed by atoms with Crippen LogP contribution in [0.1, 0.15) is 0 Å². The fraction of sp³-hybridized carbons (Fsp3) is 1.00. The van der Waals surface area contributed by atoms with Gasteiger partial charge < -0.3 is 4.13 Å². The third-order valence-electron chi connectivity index (χ3n) is 0.271. The summed E-state index contributed by atoms with van der Waals surface area (Å²) in [4.78, 5) is 7.09. The third kappa shape index (κ3) is 32.4. The van der Waals surface area contributed by atoms with Gasteiger partial charge in [-0.2, -0.15) is 0 Å². The first-order chi connectivity index (χ1) is 5.44. The van der Waals surface area contributed by atoms with E-state index in [4.69, 9.17) is 0 Å². The first-order valence-electron chi connectivity index (χ1n) is 3.35. The molecule has 0 bridgehead atoms. The van der Waals surface area contributed by atoms with E-state index in [0.29, 0.717) is 12.5 Å². The average Bonchev–Trinajstić information content (AvgIpc) is 1.47. The van der Waals surface area contributed by atoms with Crippen LogP contribution in [0.2, 0.25) is 14.8 Å². The summed E-state index contributed by atoms with van der Waals surface area (Å²) >= 11 is -0.543. The maximum absolute atomic E-state index is 10.1. The van der Waals surface area contributed by atoms with Gasteiger partial charge in [-0.1, -0.05) is 0 Å². The number of hydrogen-bond acceptors (Lipinski definition) is 4. The van der Waals surface area contributed by atoms with E-state index in [9.17, 15) is 16.8 Å².